The van der Waals surface area contributed by atoms with Gasteiger partial charge in [-0.2, -0.15) is 0 Å². The first-order chi connectivity index (χ1) is 11.2. The van der Waals surface area contributed by atoms with Crippen molar-refractivity contribution in [2.45, 2.75) is 25.3 Å². The lowest BCUT2D eigenvalue weighted by atomic mass is 10.1. The van der Waals surface area contributed by atoms with E-state index in [9.17, 15) is 4.79 Å². The van der Waals surface area contributed by atoms with Gasteiger partial charge in [0.25, 0.3) is 0 Å². The summed E-state index contributed by atoms with van der Waals surface area (Å²) in [6.07, 6.45) is 3.56. The van der Waals surface area contributed by atoms with Gasteiger partial charge in [0.2, 0.25) is 0 Å². The number of carbonyl (C=O) groups excluding carboxylic acids is 1. The van der Waals surface area contributed by atoms with Gasteiger partial charge < -0.3 is 20.4 Å². The molecule has 23 heavy (non-hydrogen) atoms. The summed E-state index contributed by atoms with van der Waals surface area (Å²) in [4.78, 5) is 16.7. The molecule has 1 aromatic rings. The second-order valence-corrected chi connectivity index (χ2v) is 6.80. The molecule has 2 saturated heterocycles. The highest BCUT2D eigenvalue weighted by atomic mass is 16.2. The Kier molecular flexibility index (Phi) is 5.39. The number of likely N-dealkylation sites (N-methyl/N-ethyl adjacent to an activating group) is 1. The van der Waals surface area contributed by atoms with E-state index in [0.717, 1.165) is 39.1 Å². The van der Waals surface area contributed by atoms with E-state index in [2.05, 4.69) is 51.7 Å². The van der Waals surface area contributed by atoms with Gasteiger partial charge in [-0.15, -0.1) is 0 Å². The zero-order valence-corrected chi connectivity index (χ0v) is 14.0. The van der Waals surface area contributed by atoms with Crippen molar-refractivity contribution in [3.63, 3.8) is 0 Å². The Labute approximate surface area is 139 Å². The molecule has 5 heteroatoms. The van der Waals surface area contributed by atoms with Crippen LogP contribution in [-0.4, -0.2) is 56.7 Å². The normalized spacial score (nSPS) is 24.8. The Morgan fingerprint density at radius 2 is 1.91 bits per heavy atom. The highest BCUT2D eigenvalue weighted by Gasteiger charge is 2.24. The van der Waals surface area contributed by atoms with Gasteiger partial charge in [0.05, 0.1) is 0 Å². The number of carbonyl (C=O) groups is 1. The van der Waals surface area contributed by atoms with Gasteiger partial charge in [-0.25, -0.2) is 4.79 Å². The smallest absolute Gasteiger partial charge is 0.314 e. The summed E-state index contributed by atoms with van der Waals surface area (Å²) in [5.74, 6) is 0.537. The maximum Gasteiger partial charge on any atom is 0.314 e. The van der Waals surface area contributed by atoms with Gasteiger partial charge in [-0.05, 0) is 50.9 Å². The van der Waals surface area contributed by atoms with Crippen molar-refractivity contribution in [2.75, 3.05) is 44.7 Å². The predicted molar refractivity (Wildman–Crippen MR) is 93.8 cm³/mol. The van der Waals surface area contributed by atoms with Crippen molar-refractivity contribution < 1.29 is 4.79 Å². The van der Waals surface area contributed by atoms with Crippen LogP contribution in [-0.2, 0) is 0 Å². The maximum absolute atomic E-state index is 12.0. The zero-order valence-electron chi connectivity index (χ0n) is 14.0. The number of amides is 2. The van der Waals surface area contributed by atoms with E-state index in [1.807, 2.05) is 6.07 Å². The van der Waals surface area contributed by atoms with E-state index in [0.29, 0.717) is 12.0 Å². The number of benzene rings is 1. The standard InChI is InChI=1S/C18H28N4O/c1-21-10-5-8-17(21)13-20-18(23)19-12-15-9-11-22(14-15)16-6-3-2-4-7-16/h2-4,6-7,15,17H,5,8-14H2,1H3,(H2,19,20,23)/t15-,17-/m1/s1. The fourth-order valence-electron chi connectivity index (χ4n) is 3.62. The van der Waals surface area contributed by atoms with E-state index in [4.69, 9.17) is 0 Å². The zero-order chi connectivity index (χ0) is 16.1. The van der Waals surface area contributed by atoms with Crippen LogP contribution < -0.4 is 15.5 Å². The van der Waals surface area contributed by atoms with E-state index < -0.39 is 0 Å². The molecule has 0 spiro atoms. The third kappa shape index (κ3) is 4.38. The Balaban J connectivity index is 1.35. The average Bonchev–Trinajstić information content (AvgIpc) is 3.21. The molecule has 2 amide bonds. The van der Waals surface area contributed by atoms with Crippen molar-refractivity contribution in [3.8, 4) is 0 Å². The summed E-state index contributed by atoms with van der Waals surface area (Å²) in [5.41, 5.74) is 1.28. The topological polar surface area (TPSA) is 47.6 Å². The molecular weight excluding hydrogens is 288 g/mol. The molecule has 2 N–H and O–H groups in total. The Morgan fingerprint density at radius 1 is 1.13 bits per heavy atom. The van der Waals surface area contributed by atoms with Crippen molar-refractivity contribution >= 4 is 11.7 Å². The molecule has 3 rings (SSSR count). The van der Waals surface area contributed by atoms with Crippen LogP contribution in [0.2, 0.25) is 0 Å². The van der Waals surface area contributed by atoms with Crippen molar-refractivity contribution in [2.24, 2.45) is 5.92 Å². The number of urea groups is 1. The fourth-order valence-corrected chi connectivity index (χ4v) is 3.62. The Morgan fingerprint density at radius 3 is 2.65 bits per heavy atom. The van der Waals surface area contributed by atoms with Crippen LogP contribution in [0.1, 0.15) is 19.3 Å². The summed E-state index contributed by atoms with van der Waals surface area (Å²) < 4.78 is 0. The van der Waals surface area contributed by atoms with E-state index in [1.165, 1.54) is 18.5 Å². The number of hydrogen-bond donors (Lipinski definition) is 2. The summed E-state index contributed by atoms with van der Waals surface area (Å²) in [6, 6.07) is 11.0. The van der Waals surface area contributed by atoms with Crippen LogP contribution in [0.3, 0.4) is 0 Å². The molecule has 2 aliphatic rings. The highest BCUT2D eigenvalue weighted by Crippen LogP contribution is 2.22. The molecule has 0 unspecified atom stereocenters. The molecule has 0 saturated carbocycles. The van der Waals surface area contributed by atoms with Gasteiger partial charge in [0.1, 0.15) is 0 Å². The molecule has 2 fully saturated rings. The van der Waals surface area contributed by atoms with Crippen molar-refractivity contribution in [1.29, 1.82) is 0 Å². The molecule has 2 heterocycles. The number of anilines is 1. The van der Waals surface area contributed by atoms with E-state index in [-0.39, 0.29) is 6.03 Å². The van der Waals surface area contributed by atoms with Gasteiger partial charge in [0, 0.05) is 37.9 Å². The number of hydrogen-bond acceptors (Lipinski definition) is 3. The second kappa shape index (κ2) is 7.68. The highest BCUT2D eigenvalue weighted by molar-refractivity contribution is 5.73. The maximum atomic E-state index is 12.0. The molecule has 126 valence electrons. The quantitative estimate of drug-likeness (QED) is 0.872. The lowest BCUT2D eigenvalue weighted by Gasteiger charge is -2.20. The average molecular weight is 316 g/mol. The van der Waals surface area contributed by atoms with Crippen LogP contribution in [0.4, 0.5) is 10.5 Å². The SMILES string of the molecule is CN1CCC[C@@H]1CNC(=O)NC[C@H]1CCN(c2ccccc2)C1. The summed E-state index contributed by atoms with van der Waals surface area (Å²) in [5, 5.41) is 6.06. The van der Waals surface area contributed by atoms with Crippen LogP contribution in [0.15, 0.2) is 30.3 Å². The second-order valence-electron chi connectivity index (χ2n) is 6.80. The van der Waals surface area contributed by atoms with Crippen LogP contribution >= 0.6 is 0 Å². The summed E-state index contributed by atoms with van der Waals surface area (Å²) in [7, 11) is 2.13. The fraction of sp³-hybridized carbons (Fsp3) is 0.611. The molecule has 2 atom stereocenters. The van der Waals surface area contributed by atoms with Crippen LogP contribution in [0, 0.1) is 5.92 Å². The number of likely N-dealkylation sites (tertiary alicyclic amines) is 1. The summed E-state index contributed by atoms with van der Waals surface area (Å²) in [6.45, 7) is 4.75. The van der Waals surface area contributed by atoms with Gasteiger partial charge in [-0.1, -0.05) is 18.2 Å². The van der Waals surface area contributed by atoms with Gasteiger partial charge in [0.15, 0.2) is 0 Å². The third-order valence-corrected chi connectivity index (χ3v) is 5.13. The minimum atomic E-state index is -0.0246. The number of para-hydroxylation sites is 1. The van der Waals surface area contributed by atoms with Crippen molar-refractivity contribution in [1.82, 2.24) is 15.5 Å². The molecule has 1 aromatic carbocycles. The largest absolute Gasteiger partial charge is 0.371 e. The molecule has 0 aliphatic carbocycles. The van der Waals surface area contributed by atoms with Gasteiger partial charge >= 0.3 is 6.03 Å². The van der Waals surface area contributed by atoms with Crippen LogP contribution in [0.25, 0.3) is 0 Å². The lowest BCUT2D eigenvalue weighted by Crippen LogP contribution is -2.44. The molecular formula is C18H28N4O. The lowest BCUT2D eigenvalue weighted by molar-refractivity contribution is 0.233. The number of nitrogens with zero attached hydrogens (tertiary/aromatic N) is 2. The van der Waals surface area contributed by atoms with Crippen LogP contribution in [0.5, 0.6) is 0 Å². The Bertz CT molecular complexity index is 507. The molecule has 0 radical (unpaired) electrons. The van der Waals surface area contributed by atoms with Crippen molar-refractivity contribution in [3.05, 3.63) is 30.3 Å². The number of nitrogens with one attached hydrogen (secondary N) is 2. The first-order valence-corrected chi connectivity index (χ1v) is 8.74. The minimum Gasteiger partial charge on any atom is -0.371 e. The predicted octanol–water partition coefficient (Wildman–Crippen LogP) is 1.91. The van der Waals surface area contributed by atoms with E-state index >= 15 is 0 Å². The first kappa shape index (κ1) is 16.1. The monoisotopic (exact) mass is 316 g/mol. The summed E-state index contributed by atoms with van der Waals surface area (Å²) >= 11 is 0. The minimum absolute atomic E-state index is 0.0246. The molecule has 0 bridgehead atoms. The first-order valence-electron chi connectivity index (χ1n) is 8.74. The molecule has 0 aromatic heterocycles. The third-order valence-electron chi connectivity index (χ3n) is 5.13. The number of rotatable bonds is 5. The van der Waals surface area contributed by atoms with E-state index in [1.54, 1.807) is 0 Å². The molecule has 2 aliphatic heterocycles. The molecule has 5 nitrogen and oxygen atoms in total. The van der Waals surface area contributed by atoms with Gasteiger partial charge in [-0.3, -0.25) is 0 Å². The Hall–Kier alpha value is -1.75.